The molecule has 2 aliphatic heterocycles. The Morgan fingerprint density at radius 2 is 2.04 bits per heavy atom. The maximum absolute atomic E-state index is 12.6. The number of likely N-dealkylation sites (tertiary alicyclic amines) is 1. The highest BCUT2D eigenvalue weighted by Crippen LogP contribution is 2.22. The van der Waals surface area contributed by atoms with Crippen LogP contribution >= 0.6 is 0 Å². The van der Waals surface area contributed by atoms with Gasteiger partial charge in [0.25, 0.3) is 0 Å². The van der Waals surface area contributed by atoms with E-state index in [1.165, 1.54) is 11.1 Å². The molecule has 1 N–H and O–H groups in total. The molecule has 1 atom stereocenters. The fourth-order valence-corrected chi connectivity index (χ4v) is 3.63. The number of amides is 1. The maximum atomic E-state index is 12.6. The topological polar surface area (TPSA) is 41.6 Å². The van der Waals surface area contributed by atoms with E-state index in [2.05, 4.69) is 41.4 Å². The summed E-state index contributed by atoms with van der Waals surface area (Å²) in [7, 11) is 0. The van der Waals surface area contributed by atoms with Gasteiger partial charge in [-0.05, 0) is 56.2 Å². The predicted molar refractivity (Wildman–Crippen MR) is 91.2 cm³/mol. The van der Waals surface area contributed by atoms with E-state index in [0.717, 1.165) is 58.5 Å². The summed E-state index contributed by atoms with van der Waals surface area (Å²) in [6.45, 7) is 6.51. The molecule has 1 unspecified atom stereocenters. The number of nitrogens with one attached hydrogen (secondary N) is 1. The summed E-state index contributed by atoms with van der Waals surface area (Å²) < 4.78 is 5.38. The van der Waals surface area contributed by atoms with Gasteiger partial charge in [-0.1, -0.05) is 24.3 Å². The van der Waals surface area contributed by atoms with Crippen molar-refractivity contribution in [1.82, 2.24) is 10.2 Å². The van der Waals surface area contributed by atoms with Crippen molar-refractivity contribution in [2.75, 3.05) is 26.3 Å². The number of carbonyl (C=O) groups is 1. The van der Waals surface area contributed by atoms with Gasteiger partial charge in [-0.25, -0.2) is 0 Å². The van der Waals surface area contributed by atoms with E-state index in [1.807, 2.05) is 0 Å². The van der Waals surface area contributed by atoms with Crippen LogP contribution in [-0.4, -0.2) is 43.2 Å². The number of aryl methyl sites for hydroxylation is 1. The molecule has 0 spiro atoms. The number of nitrogens with zero attached hydrogens (tertiary/aromatic N) is 1. The summed E-state index contributed by atoms with van der Waals surface area (Å²) >= 11 is 0. The Bertz CT molecular complexity index is 526. The molecule has 2 fully saturated rings. The Kier molecular flexibility index (Phi) is 5.68. The van der Waals surface area contributed by atoms with E-state index in [1.54, 1.807) is 0 Å². The van der Waals surface area contributed by atoms with Gasteiger partial charge in [-0.15, -0.1) is 0 Å². The lowest BCUT2D eigenvalue weighted by atomic mass is 10.0. The molecule has 0 radical (unpaired) electrons. The van der Waals surface area contributed by atoms with E-state index in [4.69, 9.17) is 4.74 Å². The molecule has 2 heterocycles. The summed E-state index contributed by atoms with van der Waals surface area (Å²) in [5.74, 6) is 0.793. The minimum absolute atomic E-state index is 0.0365. The number of carbonyl (C=O) groups excluding carboxylic acids is 1. The summed E-state index contributed by atoms with van der Waals surface area (Å²) in [5.41, 5.74) is 2.64. The normalized spacial score (nSPS) is 23.1. The van der Waals surface area contributed by atoms with Gasteiger partial charge in [0.15, 0.2) is 0 Å². The van der Waals surface area contributed by atoms with Crippen LogP contribution in [0.25, 0.3) is 0 Å². The van der Waals surface area contributed by atoms with Gasteiger partial charge in [0.1, 0.15) is 0 Å². The Balaban J connectivity index is 1.53. The highest BCUT2D eigenvalue weighted by molar-refractivity contribution is 5.82. The van der Waals surface area contributed by atoms with Crippen molar-refractivity contribution in [2.45, 2.75) is 45.2 Å². The minimum atomic E-state index is 0.0365. The van der Waals surface area contributed by atoms with Crippen molar-refractivity contribution in [3.05, 3.63) is 35.4 Å². The first-order chi connectivity index (χ1) is 11.2. The first kappa shape index (κ1) is 16.5. The maximum Gasteiger partial charge on any atom is 0.237 e. The van der Waals surface area contributed by atoms with Crippen molar-refractivity contribution < 1.29 is 9.53 Å². The first-order valence-corrected chi connectivity index (χ1v) is 8.88. The van der Waals surface area contributed by atoms with Crippen molar-refractivity contribution in [2.24, 2.45) is 5.92 Å². The largest absolute Gasteiger partial charge is 0.381 e. The zero-order valence-corrected chi connectivity index (χ0v) is 14.1. The lowest BCUT2D eigenvalue weighted by molar-refractivity contribution is -0.126. The van der Waals surface area contributed by atoms with Gasteiger partial charge < -0.3 is 10.1 Å². The van der Waals surface area contributed by atoms with E-state index >= 15 is 0 Å². The van der Waals surface area contributed by atoms with Crippen LogP contribution in [0, 0.1) is 12.8 Å². The van der Waals surface area contributed by atoms with E-state index in [-0.39, 0.29) is 11.9 Å². The second-order valence-corrected chi connectivity index (χ2v) is 6.86. The third-order valence-electron chi connectivity index (χ3n) is 5.21. The average Bonchev–Trinajstić information content (AvgIpc) is 3.04. The molecule has 4 nitrogen and oxygen atoms in total. The van der Waals surface area contributed by atoms with Gasteiger partial charge in [0.2, 0.25) is 5.91 Å². The van der Waals surface area contributed by atoms with Crippen LogP contribution in [0.2, 0.25) is 0 Å². The Hall–Kier alpha value is -1.39. The van der Waals surface area contributed by atoms with Gasteiger partial charge in [0, 0.05) is 26.3 Å². The molecule has 0 bridgehead atoms. The molecule has 23 heavy (non-hydrogen) atoms. The summed E-state index contributed by atoms with van der Waals surface area (Å²) in [5, 5.41) is 3.19. The van der Waals surface area contributed by atoms with Crippen molar-refractivity contribution in [3.8, 4) is 0 Å². The van der Waals surface area contributed by atoms with Crippen molar-refractivity contribution in [3.63, 3.8) is 0 Å². The second-order valence-electron chi connectivity index (χ2n) is 6.86. The van der Waals surface area contributed by atoms with Gasteiger partial charge in [-0.3, -0.25) is 9.69 Å². The molecule has 0 aliphatic carbocycles. The Morgan fingerprint density at radius 3 is 2.83 bits per heavy atom. The van der Waals surface area contributed by atoms with Crippen molar-refractivity contribution >= 4 is 5.91 Å². The van der Waals surface area contributed by atoms with Crippen LogP contribution in [0.1, 0.15) is 36.8 Å². The van der Waals surface area contributed by atoms with Gasteiger partial charge in [0.05, 0.1) is 6.04 Å². The summed E-state index contributed by atoms with van der Waals surface area (Å²) in [4.78, 5) is 14.9. The summed E-state index contributed by atoms with van der Waals surface area (Å²) in [6, 6.07) is 8.50. The van der Waals surface area contributed by atoms with Crippen LogP contribution in [0.15, 0.2) is 24.3 Å². The fraction of sp³-hybridized carbons (Fsp3) is 0.632. The standard InChI is InChI=1S/C19H28N2O2/c1-15-5-2-3-6-17(15)14-21-10-4-7-18(21)19(22)20-13-16-8-11-23-12-9-16/h2-3,5-6,16,18H,4,7-14H2,1H3,(H,20,22). The monoisotopic (exact) mass is 316 g/mol. The molecular formula is C19H28N2O2. The van der Waals surface area contributed by atoms with Crippen LogP contribution in [0.5, 0.6) is 0 Å². The van der Waals surface area contributed by atoms with Crippen molar-refractivity contribution in [1.29, 1.82) is 0 Å². The molecule has 2 aliphatic rings. The summed E-state index contributed by atoms with van der Waals surface area (Å²) in [6.07, 6.45) is 4.22. The third kappa shape index (κ3) is 4.33. The SMILES string of the molecule is Cc1ccccc1CN1CCCC1C(=O)NCC1CCOCC1. The molecule has 1 aromatic carbocycles. The van der Waals surface area contributed by atoms with Gasteiger partial charge >= 0.3 is 0 Å². The number of ether oxygens (including phenoxy) is 1. The first-order valence-electron chi connectivity index (χ1n) is 8.88. The Labute approximate surface area is 139 Å². The number of benzene rings is 1. The molecular weight excluding hydrogens is 288 g/mol. The van der Waals surface area contributed by atoms with Crippen LogP contribution in [0.4, 0.5) is 0 Å². The molecule has 1 aromatic rings. The number of hydrogen-bond acceptors (Lipinski definition) is 3. The predicted octanol–water partition coefficient (Wildman–Crippen LogP) is 2.50. The number of rotatable bonds is 5. The Morgan fingerprint density at radius 1 is 1.26 bits per heavy atom. The highest BCUT2D eigenvalue weighted by atomic mass is 16.5. The van der Waals surface area contributed by atoms with Crippen LogP contribution in [-0.2, 0) is 16.1 Å². The zero-order chi connectivity index (χ0) is 16.1. The molecule has 4 heteroatoms. The lowest BCUT2D eigenvalue weighted by Gasteiger charge is -2.26. The van der Waals surface area contributed by atoms with E-state index < -0.39 is 0 Å². The third-order valence-corrected chi connectivity index (χ3v) is 5.21. The van der Waals surface area contributed by atoms with Gasteiger partial charge in [-0.2, -0.15) is 0 Å². The average molecular weight is 316 g/mol. The molecule has 126 valence electrons. The minimum Gasteiger partial charge on any atom is -0.381 e. The quantitative estimate of drug-likeness (QED) is 0.907. The molecule has 3 rings (SSSR count). The van der Waals surface area contributed by atoms with E-state index in [0.29, 0.717) is 5.92 Å². The fourth-order valence-electron chi connectivity index (χ4n) is 3.63. The molecule has 1 amide bonds. The highest BCUT2D eigenvalue weighted by Gasteiger charge is 2.31. The second kappa shape index (κ2) is 7.93. The smallest absolute Gasteiger partial charge is 0.237 e. The molecule has 2 saturated heterocycles. The zero-order valence-electron chi connectivity index (χ0n) is 14.1. The van der Waals surface area contributed by atoms with E-state index in [9.17, 15) is 4.79 Å². The number of hydrogen-bond donors (Lipinski definition) is 1. The van der Waals surface area contributed by atoms with Crippen LogP contribution < -0.4 is 5.32 Å². The van der Waals surface area contributed by atoms with Crippen LogP contribution in [0.3, 0.4) is 0 Å². The molecule has 0 aromatic heterocycles. The molecule has 0 saturated carbocycles. The lowest BCUT2D eigenvalue weighted by Crippen LogP contribution is -2.44.